The predicted octanol–water partition coefficient (Wildman–Crippen LogP) is 3.62. The number of ether oxygens (including phenoxy) is 3. The molecule has 7 heteroatoms. The van der Waals surface area contributed by atoms with Crippen molar-refractivity contribution < 1.29 is 47.5 Å². The fourth-order valence-electron chi connectivity index (χ4n) is 5.12. The second-order valence-corrected chi connectivity index (χ2v) is 10.4. The molecule has 1 aliphatic rings. The number of methoxy groups -OCH3 is 1. The molecule has 0 atom stereocenters. The molecule has 6 nitrogen and oxygen atoms in total. The number of amides is 1. The normalized spacial score (nSPS) is 14.0. The van der Waals surface area contributed by atoms with Gasteiger partial charge in [0.2, 0.25) is 5.69 Å². The minimum atomic E-state index is -0.416. The molecule has 0 aliphatic carbocycles. The molecule has 0 bridgehead atoms. The fourth-order valence-corrected chi connectivity index (χ4v) is 5.12. The summed E-state index contributed by atoms with van der Waals surface area (Å²) in [7, 11) is 1.39. The maximum Gasteiger partial charge on any atom is 0.407 e. The van der Waals surface area contributed by atoms with E-state index in [1.165, 1.54) is 96.1 Å². The molecule has 0 spiro atoms. The molecular formula is C30H53IN2O4. The van der Waals surface area contributed by atoms with Crippen LogP contribution in [0.25, 0.3) is 0 Å². The highest BCUT2D eigenvalue weighted by atomic mass is 127. The van der Waals surface area contributed by atoms with Crippen LogP contribution in [0.1, 0.15) is 115 Å². The zero-order valence-corrected chi connectivity index (χ0v) is 26.0. The van der Waals surface area contributed by atoms with E-state index in [9.17, 15) is 4.79 Å². The van der Waals surface area contributed by atoms with Gasteiger partial charge in [0.15, 0.2) is 6.20 Å². The summed E-state index contributed by atoms with van der Waals surface area (Å²) >= 11 is 0. The van der Waals surface area contributed by atoms with E-state index in [4.69, 9.17) is 14.2 Å². The fraction of sp³-hybridized carbons (Fsp3) is 0.800. The van der Waals surface area contributed by atoms with E-state index in [0.717, 1.165) is 25.3 Å². The van der Waals surface area contributed by atoms with Crippen molar-refractivity contribution in [3.05, 3.63) is 29.6 Å². The van der Waals surface area contributed by atoms with Crippen LogP contribution in [0, 0.1) is 0 Å². The van der Waals surface area contributed by atoms with Gasteiger partial charge in [0.05, 0.1) is 32.3 Å². The summed E-state index contributed by atoms with van der Waals surface area (Å²) in [4.78, 5) is 11.7. The first-order valence-corrected chi connectivity index (χ1v) is 14.7. The van der Waals surface area contributed by atoms with Gasteiger partial charge in [-0.25, -0.2) is 9.36 Å². The molecule has 0 unspecified atom stereocenters. The molecule has 1 aromatic rings. The van der Waals surface area contributed by atoms with Crippen LogP contribution in [0.5, 0.6) is 0 Å². The minimum Gasteiger partial charge on any atom is -1.00 e. The van der Waals surface area contributed by atoms with E-state index in [2.05, 4.69) is 42.1 Å². The second-order valence-electron chi connectivity index (χ2n) is 10.4. The van der Waals surface area contributed by atoms with Crippen LogP contribution in [0.3, 0.4) is 0 Å². The second kappa shape index (κ2) is 21.0. The number of carbonyl (C=O) groups is 1. The lowest BCUT2D eigenvalue weighted by Crippen LogP contribution is -3.00. The predicted molar refractivity (Wildman–Crippen MR) is 145 cm³/mol. The molecule has 1 N–H and O–H groups in total. The Bertz CT molecular complexity index is 728. The van der Waals surface area contributed by atoms with Gasteiger partial charge in [-0.1, -0.05) is 90.4 Å². The van der Waals surface area contributed by atoms with Gasteiger partial charge < -0.3 is 43.5 Å². The van der Waals surface area contributed by atoms with Gasteiger partial charge in [-0.2, -0.15) is 0 Å². The minimum absolute atomic E-state index is 0. The van der Waals surface area contributed by atoms with E-state index < -0.39 is 6.09 Å². The number of pyridine rings is 1. The van der Waals surface area contributed by atoms with E-state index in [1.54, 1.807) is 0 Å². The number of hydrogen-bond donors (Lipinski definition) is 1. The lowest BCUT2D eigenvalue weighted by Gasteiger charge is -2.41. The Morgan fingerprint density at radius 3 is 2.00 bits per heavy atom. The van der Waals surface area contributed by atoms with Gasteiger partial charge in [0, 0.05) is 18.2 Å². The van der Waals surface area contributed by atoms with Crippen LogP contribution in [0.4, 0.5) is 4.79 Å². The number of aryl methyl sites for hydroxylation is 1. The first-order chi connectivity index (χ1) is 17.7. The number of aromatic nitrogens is 1. The maximum atomic E-state index is 11.7. The summed E-state index contributed by atoms with van der Waals surface area (Å²) in [5.74, 6) is 0. The third kappa shape index (κ3) is 12.6. The van der Waals surface area contributed by atoms with Crippen molar-refractivity contribution in [3.8, 4) is 0 Å². The van der Waals surface area contributed by atoms with Crippen LogP contribution in [0.2, 0.25) is 0 Å². The number of hydrogen-bond acceptors (Lipinski definition) is 4. The quantitative estimate of drug-likeness (QED) is 0.128. The summed E-state index contributed by atoms with van der Waals surface area (Å²) in [6.07, 6.45) is 20.8. The number of alkyl carbamates (subject to hydrolysis) is 1. The lowest BCUT2D eigenvalue weighted by molar-refractivity contribution is -0.701. The molecule has 2 rings (SSSR count). The molecule has 0 aromatic carbocycles. The third-order valence-corrected chi connectivity index (χ3v) is 7.46. The van der Waals surface area contributed by atoms with Crippen LogP contribution in [0.15, 0.2) is 18.3 Å². The molecule has 37 heavy (non-hydrogen) atoms. The number of rotatable bonds is 21. The van der Waals surface area contributed by atoms with Gasteiger partial charge >= 0.3 is 6.09 Å². The van der Waals surface area contributed by atoms with Gasteiger partial charge in [-0.15, -0.1) is 0 Å². The highest BCUT2D eigenvalue weighted by Gasteiger charge is 2.44. The largest absolute Gasteiger partial charge is 1.00 e. The van der Waals surface area contributed by atoms with Crippen LogP contribution < -0.4 is 33.9 Å². The maximum absolute atomic E-state index is 11.7. The Labute approximate surface area is 243 Å². The molecule has 0 radical (unpaired) electrons. The summed E-state index contributed by atoms with van der Waals surface area (Å²) in [6, 6.07) is 4.23. The zero-order valence-electron chi connectivity index (χ0n) is 23.8. The first kappa shape index (κ1) is 34.1. The Kier molecular flexibility index (Phi) is 19.3. The molecular weight excluding hydrogens is 579 g/mol. The smallest absolute Gasteiger partial charge is 0.407 e. The highest BCUT2D eigenvalue weighted by molar-refractivity contribution is 5.66. The molecule has 0 saturated carbocycles. The van der Waals surface area contributed by atoms with Gasteiger partial charge in [0.25, 0.3) is 0 Å². The van der Waals surface area contributed by atoms with Crippen LogP contribution in [-0.4, -0.2) is 39.6 Å². The number of unbranched alkanes of at least 4 members (excludes halogenated alkanes) is 13. The van der Waals surface area contributed by atoms with Gasteiger partial charge in [0.1, 0.15) is 13.1 Å². The number of halogens is 1. The topological polar surface area (TPSA) is 60.7 Å². The van der Waals surface area contributed by atoms with E-state index >= 15 is 0 Å². The highest BCUT2D eigenvalue weighted by Crippen LogP contribution is 2.34. The Morgan fingerprint density at radius 1 is 0.946 bits per heavy atom. The Morgan fingerprint density at radius 2 is 1.51 bits per heavy atom. The van der Waals surface area contributed by atoms with Crippen molar-refractivity contribution in [2.45, 2.75) is 122 Å². The lowest BCUT2D eigenvalue weighted by atomic mass is 9.78. The Hall–Kier alpha value is -0.930. The standard InChI is InChI=1S/C30H52N2O4.HI/c1-4-6-7-8-9-10-11-12-13-14-15-16-17-18-22-35-24-30(25-36-26-30)27-20-19-21-32(5-2)28(27)23-31-29(33)34-3;/h19-21H,4-18,22-26H2,1-3H3;1H. The SMILES string of the molecule is CCCCCCCCCCCCCCCCOCC1(c2ccc[n+](CC)c2CNC(=O)OC)COC1.[I-]. The molecule has 1 fully saturated rings. The van der Waals surface area contributed by atoms with E-state index in [1.807, 2.05) is 0 Å². The van der Waals surface area contributed by atoms with Crippen molar-refractivity contribution in [3.63, 3.8) is 0 Å². The molecule has 1 aliphatic heterocycles. The van der Waals surface area contributed by atoms with Crippen molar-refractivity contribution in [2.75, 3.05) is 33.5 Å². The summed E-state index contributed by atoms with van der Waals surface area (Å²) in [6.45, 7) is 8.43. The molecule has 214 valence electrons. The average Bonchev–Trinajstić information content (AvgIpc) is 2.88. The van der Waals surface area contributed by atoms with E-state index in [-0.39, 0.29) is 29.4 Å². The summed E-state index contributed by atoms with van der Waals surface area (Å²) in [5.41, 5.74) is 2.16. The van der Waals surface area contributed by atoms with Gasteiger partial charge in [-0.3, -0.25) is 0 Å². The zero-order chi connectivity index (χ0) is 25.9. The van der Waals surface area contributed by atoms with Crippen molar-refractivity contribution in [2.24, 2.45) is 0 Å². The van der Waals surface area contributed by atoms with Crippen LogP contribution >= 0.6 is 0 Å². The van der Waals surface area contributed by atoms with Crippen LogP contribution in [-0.2, 0) is 32.7 Å². The van der Waals surface area contributed by atoms with E-state index in [0.29, 0.717) is 26.4 Å². The molecule has 2 heterocycles. The average molecular weight is 633 g/mol. The number of nitrogens with one attached hydrogen (secondary N) is 1. The molecule has 1 aromatic heterocycles. The molecule has 1 amide bonds. The van der Waals surface area contributed by atoms with Gasteiger partial charge in [-0.05, 0) is 19.4 Å². The number of nitrogens with zero attached hydrogens (tertiary/aromatic N) is 1. The third-order valence-electron chi connectivity index (χ3n) is 7.46. The van der Waals surface area contributed by atoms with Crippen molar-refractivity contribution in [1.29, 1.82) is 0 Å². The van der Waals surface area contributed by atoms with Crippen molar-refractivity contribution >= 4 is 6.09 Å². The number of carbonyl (C=O) groups excluding carboxylic acids is 1. The first-order valence-electron chi connectivity index (χ1n) is 14.7. The van der Waals surface area contributed by atoms with Crippen molar-refractivity contribution in [1.82, 2.24) is 5.32 Å². The Balaban J connectivity index is 0.00000684. The monoisotopic (exact) mass is 632 g/mol. The molecule has 1 saturated heterocycles. The summed E-state index contributed by atoms with van der Waals surface area (Å²) < 4.78 is 18.8. The summed E-state index contributed by atoms with van der Waals surface area (Å²) in [5, 5.41) is 2.84.